The minimum atomic E-state index is -4.03. The van der Waals surface area contributed by atoms with Crippen molar-refractivity contribution in [2.24, 2.45) is 5.92 Å². The molecular weight excluding hydrogens is 604 g/mol. The summed E-state index contributed by atoms with van der Waals surface area (Å²) in [4.78, 5) is 32.6. The molecule has 5 rings (SSSR count). The number of aromatic nitrogens is 1. The molecular formula is C30H38N6O6S2. The summed E-state index contributed by atoms with van der Waals surface area (Å²) in [6, 6.07) is 12.0. The van der Waals surface area contributed by atoms with Crippen molar-refractivity contribution in [3.05, 3.63) is 70.7 Å². The molecule has 0 saturated carbocycles. The predicted octanol–water partition coefficient (Wildman–Crippen LogP) is 2.62. The van der Waals surface area contributed by atoms with Crippen molar-refractivity contribution in [1.29, 1.82) is 0 Å². The highest BCUT2D eigenvalue weighted by atomic mass is 32.2. The molecule has 0 spiro atoms. The van der Waals surface area contributed by atoms with Gasteiger partial charge < -0.3 is 30.7 Å². The summed E-state index contributed by atoms with van der Waals surface area (Å²) in [7, 11) is -4.03. The number of sulfonamides is 1. The molecule has 2 aromatic carbocycles. The molecule has 3 amide bonds. The number of anilines is 1. The van der Waals surface area contributed by atoms with Gasteiger partial charge in [-0.3, -0.25) is 9.78 Å². The number of ether oxygens (including phenoxy) is 1. The highest BCUT2D eigenvalue weighted by Gasteiger charge is 2.37. The highest BCUT2D eigenvalue weighted by Crippen LogP contribution is 2.33. The van der Waals surface area contributed by atoms with Crippen LogP contribution < -0.4 is 20.7 Å². The van der Waals surface area contributed by atoms with E-state index in [-0.39, 0.29) is 49.6 Å². The zero-order chi connectivity index (χ0) is 31.3. The summed E-state index contributed by atoms with van der Waals surface area (Å²) in [5.41, 5.74) is 3.26. The van der Waals surface area contributed by atoms with Crippen LogP contribution in [0.15, 0.2) is 65.1 Å². The van der Waals surface area contributed by atoms with E-state index < -0.39 is 34.1 Å². The molecule has 0 radical (unpaired) electrons. The lowest BCUT2D eigenvalue weighted by atomic mass is 10.00. The van der Waals surface area contributed by atoms with Crippen LogP contribution in [-0.2, 0) is 27.8 Å². The number of hydrogen-bond donors (Lipinski definition) is 4. The molecule has 3 aromatic rings. The largest absolute Gasteiger partial charge is 0.471 e. The monoisotopic (exact) mass is 642 g/mol. The standard InChI is InChI=1S/C30H38N6O6S2/c1-3-20(2)14-36(44(40,41)23-9-10-24-28(12-23)42-18-32-24)17-27(37)25(11-21-7-5-4-6-8-21)33-29(38)26-16-35(30(39)34-26)15-22-13-31-19-43-22/h4-10,12-13,19-20,25-27,32,37H,3,11,14-18H2,1-2H3,(H,33,38)(H,34,39)/t20-,25-,26-,27+/m0/s1. The lowest BCUT2D eigenvalue weighted by Gasteiger charge is -2.31. The van der Waals surface area contributed by atoms with Crippen LogP contribution in [0.3, 0.4) is 0 Å². The minimum absolute atomic E-state index is 0.0183. The van der Waals surface area contributed by atoms with Gasteiger partial charge in [0.2, 0.25) is 15.9 Å². The second-order valence-corrected chi connectivity index (χ2v) is 14.1. The number of carbonyl (C=O) groups excluding carboxylic acids is 2. The normalized spacial score (nSPS) is 18.2. The van der Waals surface area contributed by atoms with Crippen molar-refractivity contribution in [3.8, 4) is 5.75 Å². The van der Waals surface area contributed by atoms with E-state index in [4.69, 9.17) is 4.74 Å². The summed E-state index contributed by atoms with van der Waals surface area (Å²) in [6.07, 6.45) is 1.43. The third-order valence-electron chi connectivity index (χ3n) is 7.91. The number of rotatable bonds is 14. The molecule has 2 aliphatic rings. The SMILES string of the molecule is CC[C@H](C)CN(C[C@@H](O)[C@H](Cc1ccccc1)NC(=O)[C@@H]1CN(Cc2cncs2)C(=O)N1)S(=O)(=O)c1ccc2c(c1)OCN2. The Kier molecular flexibility index (Phi) is 10.0. The smallest absolute Gasteiger partial charge is 0.318 e. The Bertz CT molecular complexity index is 1540. The third kappa shape index (κ3) is 7.49. The Hall–Kier alpha value is -3.72. The highest BCUT2D eigenvalue weighted by molar-refractivity contribution is 7.89. The van der Waals surface area contributed by atoms with Gasteiger partial charge in [0.05, 0.1) is 41.3 Å². The number of nitrogens with zero attached hydrogens (tertiary/aromatic N) is 3. The number of aliphatic hydroxyl groups is 1. The zero-order valence-corrected chi connectivity index (χ0v) is 26.3. The number of amides is 3. The van der Waals surface area contributed by atoms with Crippen LogP contribution in [0, 0.1) is 5.92 Å². The number of hydrogen-bond acceptors (Lipinski definition) is 9. The molecule has 0 aliphatic carbocycles. The summed E-state index contributed by atoms with van der Waals surface area (Å²) in [5, 5.41) is 20.3. The fraction of sp³-hybridized carbons (Fsp3) is 0.433. The van der Waals surface area contributed by atoms with E-state index in [9.17, 15) is 23.1 Å². The quantitative estimate of drug-likeness (QED) is 0.209. The first-order chi connectivity index (χ1) is 21.1. The topological polar surface area (TPSA) is 153 Å². The molecule has 3 heterocycles. The number of carbonyl (C=O) groups is 2. The Morgan fingerprint density at radius 3 is 2.77 bits per heavy atom. The second kappa shape index (κ2) is 13.9. The molecule has 1 fully saturated rings. The van der Waals surface area contributed by atoms with Gasteiger partial charge in [0.1, 0.15) is 11.8 Å². The Morgan fingerprint density at radius 1 is 1.25 bits per heavy atom. The number of fused-ring (bicyclic) bond motifs is 1. The van der Waals surface area contributed by atoms with Gasteiger partial charge in [-0.25, -0.2) is 13.2 Å². The van der Waals surface area contributed by atoms with Gasteiger partial charge in [-0.15, -0.1) is 11.3 Å². The summed E-state index contributed by atoms with van der Waals surface area (Å²) in [5.74, 6) is 0.0155. The van der Waals surface area contributed by atoms with Gasteiger partial charge in [-0.2, -0.15) is 4.31 Å². The Morgan fingerprint density at radius 2 is 2.05 bits per heavy atom. The third-order valence-corrected chi connectivity index (χ3v) is 10.5. The van der Waals surface area contributed by atoms with E-state index in [1.54, 1.807) is 17.8 Å². The molecule has 236 valence electrons. The number of urea groups is 1. The van der Waals surface area contributed by atoms with Crippen LogP contribution in [0.4, 0.5) is 10.5 Å². The van der Waals surface area contributed by atoms with Crippen molar-refractivity contribution >= 4 is 39.0 Å². The van der Waals surface area contributed by atoms with Crippen molar-refractivity contribution in [2.75, 3.05) is 31.7 Å². The van der Waals surface area contributed by atoms with Crippen molar-refractivity contribution in [1.82, 2.24) is 24.8 Å². The maximum atomic E-state index is 13.9. The van der Waals surface area contributed by atoms with Crippen LogP contribution in [0.25, 0.3) is 0 Å². The van der Waals surface area contributed by atoms with Crippen LogP contribution in [-0.4, -0.2) is 84.2 Å². The van der Waals surface area contributed by atoms with Gasteiger partial charge in [0.15, 0.2) is 6.73 Å². The molecule has 1 aromatic heterocycles. The molecule has 44 heavy (non-hydrogen) atoms. The second-order valence-electron chi connectivity index (χ2n) is 11.2. The predicted molar refractivity (Wildman–Crippen MR) is 167 cm³/mol. The fourth-order valence-corrected chi connectivity index (χ4v) is 7.37. The van der Waals surface area contributed by atoms with E-state index in [1.807, 2.05) is 44.2 Å². The summed E-state index contributed by atoms with van der Waals surface area (Å²) < 4.78 is 34.7. The van der Waals surface area contributed by atoms with Crippen LogP contribution in [0.1, 0.15) is 30.7 Å². The average Bonchev–Trinajstić information content (AvgIpc) is 3.78. The molecule has 2 aliphatic heterocycles. The van der Waals surface area contributed by atoms with E-state index in [1.165, 1.54) is 32.7 Å². The van der Waals surface area contributed by atoms with Crippen molar-refractivity contribution in [3.63, 3.8) is 0 Å². The van der Waals surface area contributed by atoms with Gasteiger partial charge in [-0.1, -0.05) is 50.6 Å². The number of aliphatic hydroxyl groups excluding tert-OH is 1. The molecule has 12 nitrogen and oxygen atoms in total. The van der Waals surface area contributed by atoms with Crippen LogP contribution in [0.5, 0.6) is 5.75 Å². The first-order valence-electron chi connectivity index (χ1n) is 14.6. The lowest BCUT2D eigenvalue weighted by molar-refractivity contribution is -0.124. The van der Waals surface area contributed by atoms with Crippen LogP contribution in [0.2, 0.25) is 0 Å². The van der Waals surface area contributed by atoms with E-state index >= 15 is 0 Å². The Labute approximate surface area is 261 Å². The van der Waals surface area contributed by atoms with Gasteiger partial charge in [0, 0.05) is 30.2 Å². The van der Waals surface area contributed by atoms with E-state index in [0.717, 1.165) is 16.9 Å². The minimum Gasteiger partial charge on any atom is -0.471 e. The van der Waals surface area contributed by atoms with Crippen molar-refractivity contribution < 1.29 is 27.9 Å². The number of nitrogens with one attached hydrogen (secondary N) is 3. The van der Waals surface area contributed by atoms with Gasteiger partial charge in [0.25, 0.3) is 0 Å². The maximum absolute atomic E-state index is 13.9. The van der Waals surface area contributed by atoms with Gasteiger partial charge >= 0.3 is 6.03 Å². The van der Waals surface area contributed by atoms with Crippen molar-refractivity contribution in [2.45, 2.75) is 56.3 Å². The lowest BCUT2D eigenvalue weighted by Crippen LogP contribution is -2.54. The first-order valence-corrected chi connectivity index (χ1v) is 16.9. The molecule has 4 atom stereocenters. The number of benzene rings is 2. The van der Waals surface area contributed by atoms with Gasteiger partial charge in [-0.05, 0) is 30.0 Å². The molecule has 4 N–H and O–H groups in total. The fourth-order valence-electron chi connectivity index (χ4n) is 5.17. The Balaban J connectivity index is 1.34. The zero-order valence-electron chi connectivity index (χ0n) is 24.7. The molecule has 0 unspecified atom stereocenters. The summed E-state index contributed by atoms with van der Waals surface area (Å²) in [6.45, 7) is 4.63. The molecule has 1 saturated heterocycles. The maximum Gasteiger partial charge on any atom is 0.318 e. The molecule has 14 heteroatoms. The average molecular weight is 643 g/mol. The van der Waals surface area contributed by atoms with Crippen LogP contribution >= 0.6 is 11.3 Å². The van der Waals surface area contributed by atoms with E-state index in [2.05, 4.69) is 20.9 Å². The first kappa shape index (κ1) is 31.7. The molecule has 0 bridgehead atoms. The number of thiazole rings is 1. The summed E-state index contributed by atoms with van der Waals surface area (Å²) >= 11 is 1.42. The van der Waals surface area contributed by atoms with E-state index in [0.29, 0.717) is 18.0 Å².